The Kier molecular flexibility index (Phi) is 5.53. The Hall–Kier alpha value is -3.26. The smallest absolute Gasteiger partial charge is 0.234 e. The molecule has 0 spiro atoms. The maximum Gasteiger partial charge on any atom is 0.234 e. The van der Waals surface area contributed by atoms with E-state index in [0.29, 0.717) is 23.3 Å². The van der Waals surface area contributed by atoms with Gasteiger partial charge in [0.1, 0.15) is 5.76 Å². The first kappa shape index (κ1) is 19.1. The highest BCUT2D eigenvalue weighted by atomic mass is 32.2. The number of amides is 1. The van der Waals surface area contributed by atoms with Gasteiger partial charge in [-0.15, -0.1) is 10.2 Å². The van der Waals surface area contributed by atoms with Gasteiger partial charge in [-0.25, -0.2) is 0 Å². The zero-order chi connectivity index (χ0) is 20.2. The number of benzene rings is 1. The second-order valence-corrected chi connectivity index (χ2v) is 7.48. The van der Waals surface area contributed by atoms with E-state index in [1.807, 2.05) is 54.8 Å². The number of hydrogen-bond acceptors (Lipinski definition) is 6. The average molecular weight is 408 g/mol. The number of carbonyl (C=O) groups is 1. The van der Waals surface area contributed by atoms with Crippen LogP contribution in [0.15, 0.2) is 69.0 Å². The minimum atomic E-state index is -0.101. The molecule has 0 bridgehead atoms. The van der Waals surface area contributed by atoms with E-state index >= 15 is 0 Å². The SMILES string of the molecule is Cc1cccc(NC(=O)CSc2nnc(-c3ccco3)n2Cc2ccco2)c1C. The molecule has 0 aliphatic rings. The van der Waals surface area contributed by atoms with Crippen LogP contribution < -0.4 is 5.32 Å². The van der Waals surface area contributed by atoms with Crippen LogP contribution in [0.2, 0.25) is 0 Å². The number of nitrogens with zero attached hydrogens (tertiary/aromatic N) is 3. The molecular weight excluding hydrogens is 388 g/mol. The van der Waals surface area contributed by atoms with Crippen LogP contribution in [0.25, 0.3) is 11.6 Å². The monoisotopic (exact) mass is 408 g/mol. The van der Waals surface area contributed by atoms with Crippen molar-refractivity contribution in [1.82, 2.24) is 14.8 Å². The molecule has 0 fully saturated rings. The summed E-state index contributed by atoms with van der Waals surface area (Å²) in [6, 6.07) is 13.2. The predicted octanol–water partition coefficient (Wildman–Crippen LogP) is 4.53. The lowest BCUT2D eigenvalue weighted by molar-refractivity contribution is -0.113. The Morgan fingerprint density at radius 1 is 1.07 bits per heavy atom. The molecule has 0 saturated heterocycles. The molecule has 1 N–H and O–H groups in total. The van der Waals surface area contributed by atoms with E-state index in [-0.39, 0.29) is 11.7 Å². The lowest BCUT2D eigenvalue weighted by atomic mass is 10.1. The molecule has 0 aliphatic heterocycles. The van der Waals surface area contributed by atoms with E-state index in [2.05, 4.69) is 15.5 Å². The van der Waals surface area contributed by atoms with Crippen LogP contribution in [0.1, 0.15) is 16.9 Å². The standard InChI is InChI=1S/C21H20N4O3S/c1-14-6-3-8-17(15(14)2)22-19(26)13-29-21-24-23-20(18-9-5-11-28-18)25(21)12-16-7-4-10-27-16/h3-11H,12-13H2,1-2H3,(H,22,26). The summed E-state index contributed by atoms with van der Waals surface area (Å²) < 4.78 is 12.8. The number of nitrogens with one attached hydrogen (secondary N) is 1. The molecule has 1 amide bonds. The van der Waals surface area contributed by atoms with Crippen molar-refractivity contribution in [2.75, 3.05) is 11.1 Å². The highest BCUT2D eigenvalue weighted by Gasteiger charge is 2.18. The molecular formula is C21H20N4O3S. The quantitative estimate of drug-likeness (QED) is 0.452. The molecule has 7 nitrogen and oxygen atoms in total. The average Bonchev–Trinajstić information content (AvgIpc) is 3.46. The predicted molar refractivity (Wildman–Crippen MR) is 111 cm³/mol. The fraction of sp³-hybridized carbons (Fsp3) is 0.190. The molecule has 0 unspecified atom stereocenters. The van der Waals surface area contributed by atoms with Crippen molar-refractivity contribution in [3.05, 3.63) is 71.9 Å². The van der Waals surface area contributed by atoms with Crippen LogP contribution in [0.4, 0.5) is 5.69 Å². The second-order valence-electron chi connectivity index (χ2n) is 6.53. The van der Waals surface area contributed by atoms with Gasteiger partial charge in [0, 0.05) is 5.69 Å². The van der Waals surface area contributed by atoms with Crippen LogP contribution in [0.3, 0.4) is 0 Å². The van der Waals surface area contributed by atoms with E-state index in [0.717, 1.165) is 22.6 Å². The zero-order valence-corrected chi connectivity index (χ0v) is 16.9. The Balaban J connectivity index is 1.51. The summed E-state index contributed by atoms with van der Waals surface area (Å²) in [6.45, 7) is 4.46. The Morgan fingerprint density at radius 3 is 2.66 bits per heavy atom. The lowest BCUT2D eigenvalue weighted by Crippen LogP contribution is -2.15. The number of carbonyl (C=O) groups excluding carboxylic acids is 1. The van der Waals surface area contributed by atoms with Gasteiger partial charge in [0.25, 0.3) is 0 Å². The van der Waals surface area contributed by atoms with Gasteiger partial charge in [-0.3, -0.25) is 9.36 Å². The number of anilines is 1. The molecule has 1 aromatic carbocycles. The first-order valence-corrected chi connectivity index (χ1v) is 10.1. The van der Waals surface area contributed by atoms with Crippen molar-refractivity contribution >= 4 is 23.4 Å². The molecule has 3 aromatic heterocycles. The third kappa shape index (κ3) is 4.27. The van der Waals surface area contributed by atoms with Gasteiger partial charge in [0.05, 0.1) is 24.8 Å². The lowest BCUT2D eigenvalue weighted by Gasteiger charge is -2.10. The van der Waals surface area contributed by atoms with Gasteiger partial charge in [0.15, 0.2) is 10.9 Å². The summed E-state index contributed by atoms with van der Waals surface area (Å²) >= 11 is 1.32. The molecule has 4 aromatic rings. The second kappa shape index (κ2) is 8.40. The maximum absolute atomic E-state index is 12.5. The summed E-state index contributed by atoms with van der Waals surface area (Å²) in [5, 5.41) is 12.1. The first-order chi connectivity index (χ1) is 14.1. The van der Waals surface area contributed by atoms with Crippen LogP contribution in [0, 0.1) is 13.8 Å². The van der Waals surface area contributed by atoms with Crippen LogP contribution in [-0.2, 0) is 11.3 Å². The van der Waals surface area contributed by atoms with Crippen LogP contribution in [0.5, 0.6) is 0 Å². The zero-order valence-electron chi connectivity index (χ0n) is 16.1. The Labute approximate surface area is 172 Å². The van der Waals surface area contributed by atoms with Crippen molar-refractivity contribution in [2.45, 2.75) is 25.5 Å². The summed E-state index contributed by atoms with van der Waals surface area (Å²) in [5.41, 5.74) is 3.02. The normalized spacial score (nSPS) is 11.0. The maximum atomic E-state index is 12.5. The van der Waals surface area contributed by atoms with Crippen molar-refractivity contribution in [2.24, 2.45) is 0 Å². The van der Waals surface area contributed by atoms with E-state index in [4.69, 9.17) is 8.83 Å². The fourth-order valence-corrected chi connectivity index (χ4v) is 3.63. The first-order valence-electron chi connectivity index (χ1n) is 9.10. The van der Waals surface area contributed by atoms with Crippen LogP contribution >= 0.6 is 11.8 Å². The molecule has 29 heavy (non-hydrogen) atoms. The Morgan fingerprint density at radius 2 is 1.90 bits per heavy atom. The Bertz CT molecular complexity index is 1100. The molecule has 3 heterocycles. The van der Waals surface area contributed by atoms with Gasteiger partial charge in [-0.1, -0.05) is 23.9 Å². The van der Waals surface area contributed by atoms with Crippen molar-refractivity contribution in [3.8, 4) is 11.6 Å². The van der Waals surface area contributed by atoms with E-state index in [1.54, 1.807) is 18.6 Å². The summed E-state index contributed by atoms with van der Waals surface area (Å²) in [5.74, 6) is 2.07. The molecule has 8 heteroatoms. The molecule has 0 atom stereocenters. The molecule has 4 rings (SSSR count). The summed E-state index contributed by atoms with van der Waals surface area (Å²) in [7, 11) is 0. The summed E-state index contributed by atoms with van der Waals surface area (Å²) in [6.07, 6.45) is 3.21. The number of thioether (sulfide) groups is 1. The molecule has 0 aliphatic carbocycles. The van der Waals surface area contributed by atoms with E-state index in [9.17, 15) is 4.79 Å². The van der Waals surface area contributed by atoms with Crippen LogP contribution in [-0.4, -0.2) is 26.4 Å². The number of furan rings is 2. The summed E-state index contributed by atoms with van der Waals surface area (Å²) in [4.78, 5) is 12.5. The minimum absolute atomic E-state index is 0.101. The van der Waals surface area contributed by atoms with Gasteiger partial charge >= 0.3 is 0 Å². The van der Waals surface area contributed by atoms with Crippen molar-refractivity contribution < 1.29 is 13.6 Å². The van der Waals surface area contributed by atoms with Gasteiger partial charge < -0.3 is 14.2 Å². The number of rotatable bonds is 7. The van der Waals surface area contributed by atoms with Crippen molar-refractivity contribution in [1.29, 1.82) is 0 Å². The largest absolute Gasteiger partial charge is 0.467 e. The van der Waals surface area contributed by atoms with E-state index < -0.39 is 0 Å². The van der Waals surface area contributed by atoms with E-state index in [1.165, 1.54) is 11.8 Å². The molecule has 0 saturated carbocycles. The van der Waals surface area contributed by atoms with Gasteiger partial charge in [-0.2, -0.15) is 0 Å². The fourth-order valence-electron chi connectivity index (χ4n) is 2.89. The molecule has 148 valence electrons. The van der Waals surface area contributed by atoms with Crippen molar-refractivity contribution in [3.63, 3.8) is 0 Å². The topological polar surface area (TPSA) is 86.1 Å². The number of hydrogen-bond donors (Lipinski definition) is 1. The highest BCUT2D eigenvalue weighted by Crippen LogP contribution is 2.26. The highest BCUT2D eigenvalue weighted by molar-refractivity contribution is 7.99. The van der Waals surface area contributed by atoms with Gasteiger partial charge in [-0.05, 0) is 55.3 Å². The number of aryl methyl sites for hydroxylation is 1. The number of aromatic nitrogens is 3. The third-order valence-corrected chi connectivity index (χ3v) is 5.53. The third-order valence-electron chi connectivity index (χ3n) is 4.56. The van der Waals surface area contributed by atoms with Gasteiger partial charge in [0.2, 0.25) is 11.7 Å². The minimum Gasteiger partial charge on any atom is -0.467 e. The molecule has 0 radical (unpaired) electrons.